The minimum Gasteiger partial charge on any atom is -0.497 e. The Morgan fingerprint density at radius 1 is 1.35 bits per heavy atom. The predicted molar refractivity (Wildman–Crippen MR) is 83.7 cm³/mol. The van der Waals surface area contributed by atoms with Crippen LogP contribution in [0, 0.1) is 0 Å². The monoisotopic (exact) mass is 296 g/mol. The van der Waals surface area contributed by atoms with E-state index in [4.69, 9.17) is 17.0 Å². The van der Waals surface area contributed by atoms with Crippen LogP contribution in [0.15, 0.2) is 24.3 Å². The van der Waals surface area contributed by atoms with Gasteiger partial charge in [0.05, 0.1) is 13.7 Å². The van der Waals surface area contributed by atoms with Gasteiger partial charge in [0.25, 0.3) is 5.91 Å². The normalized spacial score (nSPS) is 9.50. The first-order valence-electron chi connectivity index (χ1n) is 6.36. The molecule has 0 bridgehead atoms. The smallest absolute Gasteiger partial charge is 0.257 e. The van der Waals surface area contributed by atoms with E-state index in [1.54, 1.807) is 7.11 Å². The number of hydrogen-bond donors (Lipinski definition) is 4. The maximum Gasteiger partial charge on any atom is 0.257 e. The summed E-state index contributed by atoms with van der Waals surface area (Å²) in [6.07, 6.45) is 0.965. The zero-order chi connectivity index (χ0) is 14.8. The lowest BCUT2D eigenvalue weighted by atomic mass is 10.3. The second-order valence-electron chi connectivity index (χ2n) is 4.01. The molecule has 6 nitrogen and oxygen atoms in total. The molecule has 0 aliphatic rings. The summed E-state index contributed by atoms with van der Waals surface area (Å²) in [6, 6.07) is 7.36. The lowest BCUT2D eigenvalue weighted by molar-refractivity contribution is -0.119. The molecule has 4 N–H and O–H groups in total. The average molecular weight is 296 g/mol. The van der Waals surface area contributed by atoms with Gasteiger partial charge in [-0.3, -0.25) is 15.6 Å². The van der Waals surface area contributed by atoms with Gasteiger partial charge in [0, 0.05) is 18.3 Å². The van der Waals surface area contributed by atoms with Gasteiger partial charge < -0.3 is 15.4 Å². The Morgan fingerprint density at radius 2 is 2.15 bits per heavy atom. The van der Waals surface area contributed by atoms with Crippen molar-refractivity contribution < 1.29 is 9.53 Å². The molecule has 0 aliphatic carbocycles. The van der Waals surface area contributed by atoms with E-state index < -0.39 is 0 Å². The van der Waals surface area contributed by atoms with Gasteiger partial charge in [0.2, 0.25) is 0 Å². The minimum absolute atomic E-state index is 0.135. The summed E-state index contributed by atoms with van der Waals surface area (Å²) in [5.74, 6) is 0.520. The van der Waals surface area contributed by atoms with Crippen LogP contribution < -0.4 is 26.2 Å². The summed E-state index contributed by atoms with van der Waals surface area (Å²) in [4.78, 5) is 11.6. The molecule has 1 aromatic rings. The molecule has 0 saturated heterocycles. The van der Waals surface area contributed by atoms with Crippen molar-refractivity contribution in [3.63, 3.8) is 0 Å². The maximum atomic E-state index is 11.6. The van der Waals surface area contributed by atoms with Crippen molar-refractivity contribution in [2.45, 2.75) is 13.3 Å². The average Bonchev–Trinajstić information content (AvgIpc) is 2.49. The lowest BCUT2D eigenvalue weighted by Gasteiger charge is -2.12. The predicted octanol–water partition coefficient (Wildman–Crippen LogP) is 1.01. The van der Waals surface area contributed by atoms with Gasteiger partial charge in [-0.25, -0.2) is 0 Å². The van der Waals surface area contributed by atoms with E-state index in [0.29, 0.717) is 5.11 Å². The van der Waals surface area contributed by atoms with E-state index in [2.05, 4.69) is 21.5 Å². The van der Waals surface area contributed by atoms with Gasteiger partial charge in [-0.1, -0.05) is 13.0 Å². The number of methoxy groups -OCH3 is 1. The van der Waals surface area contributed by atoms with Gasteiger partial charge in [0.15, 0.2) is 5.11 Å². The molecule has 1 rings (SSSR count). The molecular weight excluding hydrogens is 276 g/mol. The molecule has 0 aliphatic heterocycles. The van der Waals surface area contributed by atoms with E-state index in [1.807, 2.05) is 31.2 Å². The lowest BCUT2D eigenvalue weighted by Crippen LogP contribution is -2.48. The fourth-order valence-corrected chi connectivity index (χ4v) is 1.52. The summed E-state index contributed by atoms with van der Waals surface area (Å²) >= 11 is 4.97. The number of carbonyl (C=O) groups is 1. The Morgan fingerprint density at radius 3 is 2.85 bits per heavy atom. The summed E-state index contributed by atoms with van der Waals surface area (Å²) in [5.41, 5.74) is 5.95. The van der Waals surface area contributed by atoms with Crippen LogP contribution in [0.4, 0.5) is 5.69 Å². The number of benzene rings is 1. The van der Waals surface area contributed by atoms with Crippen molar-refractivity contribution in [2.24, 2.45) is 0 Å². The van der Waals surface area contributed by atoms with Crippen molar-refractivity contribution in [2.75, 3.05) is 25.5 Å². The Bertz CT molecular complexity index is 454. The fraction of sp³-hybridized carbons (Fsp3) is 0.385. The summed E-state index contributed by atoms with van der Waals surface area (Å²) in [6.45, 7) is 2.94. The van der Waals surface area contributed by atoms with Crippen LogP contribution in [0.1, 0.15) is 13.3 Å². The highest BCUT2D eigenvalue weighted by Crippen LogP contribution is 2.16. The van der Waals surface area contributed by atoms with Crippen molar-refractivity contribution >= 4 is 28.9 Å². The molecule has 0 spiro atoms. The van der Waals surface area contributed by atoms with Crippen LogP contribution in [0.3, 0.4) is 0 Å². The van der Waals surface area contributed by atoms with Crippen molar-refractivity contribution in [3.05, 3.63) is 24.3 Å². The van der Waals surface area contributed by atoms with E-state index in [-0.39, 0.29) is 12.5 Å². The Kier molecular flexibility index (Phi) is 7.20. The largest absolute Gasteiger partial charge is 0.497 e. The second kappa shape index (κ2) is 8.98. The third-order valence-electron chi connectivity index (χ3n) is 2.37. The van der Waals surface area contributed by atoms with Crippen LogP contribution in [0.5, 0.6) is 5.75 Å². The zero-order valence-electron chi connectivity index (χ0n) is 11.7. The quantitative estimate of drug-likeness (QED) is 0.464. The number of hydrogen-bond acceptors (Lipinski definition) is 4. The zero-order valence-corrected chi connectivity index (χ0v) is 12.5. The highest BCUT2D eigenvalue weighted by molar-refractivity contribution is 7.80. The first kappa shape index (κ1) is 16.0. The number of amides is 1. The van der Waals surface area contributed by atoms with Crippen LogP contribution in [0.2, 0.25) is 0 Å². The molecule has 7 heteroatoms. The topological polar surface area (TPSA) is 74.4 Å². The van der Waals surface area contributed by atoms with Gasteiger partial charge >= 0.3 is 0 Å². The third kappa shape index (κ3) is 6.24. The molecule has 20 heavy (non-hydrogen) atoms. The number of hydrazine groups is 1. The van der Waals surface area contributed by atoms with Crippen LogP contribution in [-0.4, -0.2) is 31.2 Å². The van der Waals surface area contributed by atoms with E-state index in [1.165, 1.54) is 0 Å². The molecule has 0 atom stereocenters. The molecule has 0 saturated carbocycles. The molecule has 1 amide bonds. The van der Waals surface area contributed by atoms with Gasteiger partial charge in [-0.15, -0.1) is 0 Å². The molecular formula is C13H20N4O2S. The second-order valence-corrected chi connectivity index (χ2v) is 4.42. The fourth-order valence-electron chi connectivity index (χ4n) is 1.37. The van der Waals surface area contributed by atoms with Crippen LogP contribution in [-0.2, 0) is 4.79 Å². The number of thiocarbonyl (C=S) groups is 1. The van der Waals surface area contributed by atoms with Crippen LogP contribution in [0.25, 0.3) is 0 Å². The molecule has 0 unspecified atom stereocenters. The Labute approximate surface area is 124 Å². The summed E-state index contributed by atoms with van der Waals surface area (Å²) in [7, 11) is 1.60. The highest BCUT2D eigenvalue weighted by Gasteiger charge is 2.02. The number of rotatable bonds is 6. The number of nitrogens with one attached hydrogen (secondary N) is 4. The van der Waals surface area contributed by atoms with Crippen LogP contribution >= 0.6 is 12.2 Å². The number of anilines is 1. The Balaban J connectivity index is 2.27. The maximum absolute atomic E-state index is 11.6. The van der Waals surface area contributed by atoms with Crippen molar-refractivity contribution in [1.29, 1.82) is 0 Å². The molecule has 1 aromatic carbocycles. The SMILES string of the molecule is CCCNC(=S)NNC(=O)CNc1cccc(OC)c1. The molecule has 0 aromatic heterocycles. The molecule has 110 valence electrons. The minimum atomic E-state index is -0.214. The van der Waals surface area contributed by atoms with E-state index >= 15 is 0 Å². The van der Waals surface area contributed by atoms with Gasteiger partial charge in [0.1, 0.15) is 5.75 Å². The van der Waals surface area contributed by atoms with E-state index in [0.717, 1.165) is 24.4 Å². The molecule has 0 fully saturated rings. The number of carbonyl (C=O) groups excluding carboxylic acids is 1. The molecule has 0 heterocycles. The standard InChI is InChI=1S/C13H20N4O2S/c1-3-7-14-13(20)17-16-12(18)9-15-10-5-4-6-11(8-10)19-2/h4-6,8,15H,3,7,9H2,1-2H3,(H,16,18)(H2,14,17,20). The summed E-state index contributed by atoms with van der Waals surface area (Å²) < 4.78 is 5.10. The number of ether oxygens (including phenoxy) is 1. The summed E-state index contributed by atoms with van der Waals surface area (Å²) in [5, 5.41) is 6.34. The van der Waals surface area contributed by atoms with Crippen molar-refractivity contribution in [1.82, 2.24) is 16.2 Å². The van der Waals surface area contributed by atoms with Gasteiger partial charge in [-0.2, -0.15) is 0 Å². The first-order chi connectivity index (χ1) is 9.65. The highest BCUT2D eigenvalue weighted by atomic mass is 32.1. The third-order valence-corrected chi connectivity index (χ3v) is 2.62. The van der Waals surface area contributed by atoms with Crippen molar-refractivity contribution in [3.8, 4) is 5.75 Å². The molecule has 0 radical (unpaired) electrons. The van der Waals surface area contributed by atoms with E-state index in [9.17, 15) is 4.79 Å². The van der Waals surface area contributed by atoms with Gasteiger partial charge in [-0.05, 0) is 30.8 Å². The Hall–Kier alpha value is -2.02. The first-order valence-corrected chi connectivity index (χ1v) is 6.77.